The lowest BCUT2D eigenvalue weighted by atomic mass is 10.1. The molecule has 2 aliphatic rings. The van der Waals surface area contributed by atoms with Gasteiger partial charge in [-0.2, -0.15) is 4.31 Å². The molecule has 24 heavy (non-hydrogen) atoms. The number of carbonyl (C=O) groups is 1. The number of hydrogen-bond acceptors (Lipinski definition) is 4. The van der Waals surface area contributed by atoms with Crippen LogP contribution in [0.2, 0.25) is 0 Å². The quantitative estimate of drug-likeness (QED) is 0.823. The Kier molecular flexibility index (Phi) is 5.10. The van der Waals surface area contributed by atoms with Crippen LogP contribution in [-0.2, 0) is 10.0 Å². The summed E-state index contributed by atoms with van der Waals surface area (Å²) in [6, 6.07) is 7.78. The molecule has 0 aliphatic carbocycles. The third-order valence-corrected chi connectivity index (χ3v) is 6.75. The predicted octanol–water partition coefficient (Wildman–Crippen LogP) is 1.39. The smallest absolute Gasteiger partial charge is 0.253 e. The van der Waals surface area contributed by atoms with Gasteiger partial charge in [-0.05, 0) is 44.0 Å². The Morgan fingerprint density at radius 2 is 1.54 bits per heavy atom. The van der Waals surface area contributed by atoms with Crippen LogP contribution in [0.5, 0.6) is 0 Å². The molecular weight excluding hydrogens is 326 g/mol. The van der Waals surface area contributed by atoms with E-state index in [1.807, 2.05) is 24.3 Å². The number of carbonyl (C=O) groups excluding carboxylic acids is 1. The molecule has 2 aliphatic heterocycles. The molecule has 1 aromatic rings. The molecule has 1 amide bonds. The highest BCUT2D eigenvalue weighted by atomic mass is 32.2. The first-order valence-corrected chi connectivity index (χ1v) is 10.2. The number of anilines is 1. The van der Waals surface area contributed by atoms with Gasteiger partial charge in [-0.25, -0.2) is 8.42 Å². The van der Waals surface area contributed by atoms with Crippen molar-refractivity contribution < 1.29 is 13.2 Å². The molecule has 2 heterocycles. The van der Waals surface area contributed by atoms with E-state index in [4.69, 9.17) is 0 Å². The van der Waals surface area contributed by atoms with Crippen LogP contribution in [0.4, 0.5) is 5.69 Å². The number of benzene rings is 1. The van der Waals surface area contributed by atoms with Gasteiger partial charge < -0.3 is 9.80 Å². The maximum absolute atomic E-state index is 12.6. The van der Waals surface area contributed by atoms with Crippen molar-refractivity contribution in [2.45, 2.75) is 19.8 Å². The van der Waals surface area contributed by atoms with Crippen LogP contribution in [0.15, 0.2) is 24.3 Å². The van der Waals surface area contributed by atoms with Gasteiger partial charge in [-0.15, -0.1) is 0 Å². The summed E-state index contributed by atoms with van der Waals surface area (Å²) in [5, 5.41) is 0. The van der Waals surface area contributed by atoms with Crippen LogP contribution < -0.4 is 4.90 Å². The van der Waals surface area contributed by atoms with E-state index in [0.29, 0.717) is 31.7 Å². The molecule has 0 saturated carbocycles. The minimum Gasteiger partial charge on any atom is -0.372 e. The molecule has 3 rings (SSSR count). The van der Waals surface area contributed by atoms with Crippen molar-refractivity contribution in [1.82, 2.24) is 9.21 Å². The lowest BCUT2D eigenvalue weighted by molar-refractivity contribution is 0.0698. The fourth-order valence-corrected chi connectivity index (χ4v) is 4.41. The summed E-state index contributed by atoms with van der Waals surface area (Å²) in [4.78, 5) is 16.7. The Labute approximate surface area is 144 Å². The van der Waals surface area contributed by atoms with E-state index >= 15 is 0 Å². The standard InChI is InChI=1S/C17H25N3O3S/c1-2-24(22,23)20-13-11-19(12-14-20)17(21)15-5-7-16(8-6-15)18-9-3-4-10-18/h5-8H,2-4,9-14H2,1H3. The molecule has 0 N–H and O–H groups in total. The van der Waals surface area contributed by atoms with Crippen LogP contribution >= 0.6 is 0 Å². The van der Waals surface area contributed by atoms with Gasteiger partial charge in [0.05, 0.1) is 5.75 Å². The van der Waals surface area contributed by atoms with Crippen LogP contribution in [0, 0.1) is 0 Å². The summed E-state index contributed by atoms with van der Waals surface area (Å²) in [6.07, 6.45) is 2.46. The van der Waals surface area contributed by atoms with Gasteiger partial charge in [0.25, 0.3) is 5.91 Å². The minimum atomic E-state index is -3.16. The van der Waals surface area contributed by atoms with Gasteiger partial charge in [-0.1, -0.05) is 0 Å². The molecule has 1 aromatic carbocycles. The zero-order chi connectivity index (χ0) is 17.2. The van der Waals surface area contributed by atoms with Gasteiger partial charge in [0, 0.05) is 50.5 Å². The van der Waals surface area contributed by atoms with E-state index in [1.54, 1.807) is 11.8 Å². The number of amides is 1. The summed E-state index contributed by atoms with van der Waals surface area (Å²) >= 11 is 0. The summed E-state index contributed by atoms with van der Waals surface area (Å²) < 4.78 is 25.2. The van der Waals surface area contributed by atoms with E-state index in [2.05, 4.69) is 4.90 Å². The first kappa shape index (κ1) is 17.2. The van der Waals surface area contributed by atoms with Crippen LogP contribution in [0.3, 0.4) is 0 Å². The van der Waals surface area contributed by atoms with Gasteiger partial charge in [0.2, 0.25) is 10.0 Å². The first-order chi connectivity index (χ1) is 11.5. The summed E-state index contributed by atoms with van der Waals surface area (Å²) in [5.41, 5.74) is 1.84. The SMILES string of the molecule is CCS(=O)(=O)N1CCN(C(=O)c2ccc(N3CCCC3)cc2)CC1. The van der Waals surface area contributed by atoms with E-state index in [0.717, 1.165) is 13.1 Å². The van der Waals surface area contributed by atoms with Gasteiger partial charge in [-0.3, -0.25) is 4.79 Å². The zero-order valence-corrected chi connectivity index (χ0v) is 15.0. The van der Waals surface area contributed by atoms with E-state index in [1.165, 1.54) is 22.8 Å². The number of sulfonamides is 1. The van der Waals surface area contributed by atoms with Gasteiger partial charge in [0.1, 0.15) is 0 Å². The number of rotatable bonds is 4. The fourth-order valence-electron chi connectivity index (χ4n) is 3.32. The van der Waals surface area contributed by atoms with Crippen molar-refractivity contribution >= 4 is 21.6 Å². The predicted molar refractivity (Wildman–Crippen MR) is 94.8 cm³/mol. The van der Waals surface area contributed by atoms with E-state index < -0.39 is 10.0 Å². The molecular formula is C17H25N3O3S. The van der Waals surface area contributed by atoms with Crippen molar-refractivity contribution in [2.75, 3.05) is 49.9 Å². The highest BCUT2D eigenvalue weighted by Gasteiger charge is 2.28. The second-order valence-corrected chi connectivity index (χ2v) is 8.59. The highest BCUT2D eigenvalue weighted by molar-refractivity contribution is 7.89. The fraction of sp³-hybridized carbons (Fsp3) is 0.588. The normalized spacial score (nSPS) is 19.7. The molecule has 0 atom stereocenters. The molecule has 6 nitrogen and oxygen atoms in total. The number of piperazine rings is 1. The van der Waals surface area contributed by atoms with Crippen LogP contribution in [-0.4, -0.2) is 68.6 Å². The maximum atomic E-state index is 12.6. The molecule has 2 saturated heterocycles. The Morgan fingerprint density at radius 3 is 2.08 bits per heavy atom. The van der Waals surface area contributed by atoms with E-state index in [-0.39, 0.29) is 11.7 Å². The van der Waals surface area contributed by atoms with Crippen molar-refractivity contribution in [3.05, 3.63) is 29.8 Å². The minimum absolute atomic E-state index is 0.0171. The molecule has 0 spiro atoms. The van der Waals surface area contributed by atoms with Crippen molar-refractivity contribution in [3.63, 3.8) is 0 Å². The largest absolute Gasteiger partial charge is 0.372 e. The third-order valence-electron chi connectivity index (χ3n) is 4.87. The third kappa shape index (κ3) is 3.57. The molecule has 132 valence electrons. The molecule has 2 fully saturated rings. The molecule has 0 aromatic heterocycles. The second-order valence-electron chi connectivity index (χ2n) is 6.33. The topological polar surface area (TPSA) is 60.9 Å². The zero-order valence-electron chi connectivity index (χ0n) is 14.1. The van der Waals surface area contributed by atoms with Crippen molar-refractivity contribution in [2.24, 2.45) is 0 Å². The van der Waals surface area contributed by atoms with Gasteiger partial charge in [0.15, 0.2) is 0 Å². The average Bonchev–Trinajstić information content (AvgIpc) is 3.16. The van der Waals surface area contributed by atoms with Gasteiger partial charge >= 0.3 is 0 Å². The average molecular weight is 351 g/mol. The summed E-state index contributed by atoms with van der Waals surface area (Å²) in [7, 11) is -3.16. The molecule has 0 unspecified atom stereocenters. The van der Waals surface area contributed by atoms with Crippen LogP contribution in [0.1, 0.15) is 30.1 Å². The van der Waals surface area contributed by atoms with Crippen molar-refractivity contribution in [1.29, 1.82) is 0 Å². The second kappa shape index (κ2) is 7.11. The Bertz CT molecular complexity index is 674. The highest BCUT2D eigenvalue weighted by Crippen LogP contribution is 2.21. The van der Waals surface area contributed by atoms with Crippen LogP contribution in [0.25, 0.3) is 0 Å². The molecule has 0 radical (unpaired) electrons. The van der Waals surface area contributed by atoms with Crippen molar-refractivity contribution in [3.8, 4) is 0 Å². The Morgan fingerprint density at radius 1 is 0.958 bits per heavy atom. The molecule has 7 heteroatoms. The van der Waals surface area contributed by atoms with E-state index in [9.17, 15) is 13.2 Å². The number of nitrogens with zero attached hydrogens (tertiary/aromatic N) is 3. The maximum Gasteiger partial charge on any atom is 0.253 e. The Hall–Kier alpha value is -1.60. The lowest BCUT2D eigenvalue weighted by Crippen LogP contribution is -2.50. The summed E-state index contributed by atoms with van der Waals surface area (Å²) in [5.74, 6) is 0.0929. The monoisotopic (exact) mass is 351 g/mol. The lowest BCUT2D eigenvalue weighted by Gasteiger charge is -2.34. The molecule has 0 bridgehead atoms. The first-order valence-electron chi connectivity index (χ1n) is 8.63. The number of hydrogen-bond donors (Lipinski definition) is 0. The Balaban J connectivity index is 1.61. The summed E-state index contributed by atoms with van der Waals surface area (Å²) in [6.45, 7) is 5.48.